The predicted molar refractivity (Wildman–Crippen MR) is 57.9 cm³/mol. The van der Waals surface area contributed by atoms with E-state index >= 15 is 0 Å². The van der Waals surface area contributed by atoms with Crippen LogP contribution in [0.4, 0.5) is 0 Å². The molecule has 80 valence electrons. The summed E-state index contributed by atoms with van der Waals surface area (Å²) in [5.74, 6) is 0. The van der Waals surface area contributed by atoms with E-state index in [0.29, 0.717) is 0 Å². The van der Waals surface area contributed by atoms with Crippen molar-refractivity contribution in [2.75, 3.05) is 41.3 Å². The summed E-state index contributed by atoms with van der Waals surface area (Å²) >= 11 is 0. The number of nitrogens with zero attached hydrogens (tertiary/aromatic N) is 3. The Morgan fingerprint density at radius 1 is 0.923 bits per heavy atom. The maximum atomic E-state index is 12.6. The fourth-order valence-corrected chi connectivity index (χ4v) is 3.92. The van der Waals surface area contributed by atoms with Gasteiger partial charge in [0, 0.05) is 13.1 Å². The Morgan fingerprint density at radius 3 is 1.31 bits per heavy atom. The van der Waals surface area contributed by atoms with Gasteiger partial charge in [-0.25, -0.2) is 14.0 Å². The van der Waals surface area contributed by atoms with Crippen LogP contribution in [0.5, 0.6) is 0 Å². The van der Waals surface area contributed by atoms with Gasteiger partial charge < -0.3 is 0 Å². The molecule has 0 aromatic rings. The summed E-state index contributed by atoms with van der Waals surface area (Å²) in [4.78, 5) is 0. The summed E-state index contributed by atoms with van der Waals surface area (Å²) in [7, 11) is 4.97. The van der Waals surface area contributed by atoms with Crippen LogP contribution in [-0.4, -0.2) is 55.3 Å². The Kier molecular flexibility index (Phi) is 5.15. The second-order valence-electron chi connectivity index (χ2n) is 3.35. The van der Waals surface area contributed by atoms with Crippen molar-refractivity contribution in [1.29, 1.82) is 0 Å². The Bertz CT molecular complexity index is 178. The van der Waals surface area contributed by atoms with Crippen LogP contribution in [0.3, 0.4) is 0 Å². The summed E-state index contributed by atoms with van der Waals surface area (Å²) in [5.41, 5.74) is 0. The number of hydrogen-bond donors (Lipinski definition) is 0. The molecule has 13 heavy (non-hydrogen) atoms. The van der Waals surface area contributed by atoms with Crippen LogP contribution < -0.4 is 0 Å². The van der Waals surface area contributed by atoms with Crippen LogP contribution in [0, 0.1) is 0 Å². The van der Waals surface area contributed by atoms with Gasteiger partial charge in [0.25, 0.3) is 7.59 Å². The van der Waals surface area contributed by atoms with E-state index in [1.807, 2.05) is 46.7 Å². The molecule has 0 bridgehead atoms. The normalized spacial score (nSPS) is 13.3. The molecule has 0 amide bonds. The van der Waals surface area contributed by atoms with E-state index in [2.05, 4.69) is 0 Å². The highest BCUT2D eigenvalue weighted by Gasteiger charge is 2.33. The summed E-state index contributed by atoms with van der Waals surface area (Å²) in [5, 5.41) is 0. The van der Waals surface area contributed by atoms with Gasteiger partial charge in [0.2, 0.25) is 0 Å². The first-order valence-corrected chi connectivity index (χ1v) is 6.18. The maximum absolute atomic E-state index is 12.6. The molecule has 0 aromatic carbocycles. The van der Waals surface area contributed by atoms with E-state index in [1.54, 1.807) is 9.34 Å². The molecular formula is C8H22N3OP. The van der Waals surface area contributed by atoms with Crippen molar-refractivity contribution in [1.82, 2.24) is 14.0 Å². The van der Waals surface area contributed by atoms with Gasteiger partial charge in [0.05, 0.1) is 0 Å². The van der Waals surface area contributed by atoms with Crippen LogP contribution in [0.1, 0.15) is 13.8 Å². The van der Waals surface area contributed by atoms with Crippen LogP contribution in [0.2, 0.25) is 0 Å². The molecule has 0 atom stereocenters. The van der Waals surface area contributed by atoms with Crippen LogP contribution in [0.25, 0.3) is 0 Å². The fraction of sp³-hybridized carbons (Fsp3) is 1.00. The molecule has 0 saturated heterocycles. The third-order valence-corrected chi connectivity index (χ3v) is 5.53. The Balaban J connectivity index is 4.88. The molecule has 0 rings (SSSR count). The summed E-state index contributed by atoms with van der Waals surface area (Å²) < 4.78 is 18.2. The van der Waals surface area contributed by atoms with Gasteiger partial charge in [-0.15, -0.1) is 0 Å². The topological polar surface area (TPSA) is 26.8 Å². The van der Waals surface area contributed by atoms with Crippen molar-refractivity contribution in [2.24, 2.45) is 0 Å². The quantitative estimate of drug-likeness (QED) is 0.639. The van der Waals surface area contributed by atoms with Gasteiger partial charge in [-0.3, -0.25) is 4.57 Å². The van der Waals surface area contributed by atoms with Crippen molar-refractivity contribution in [3.05, 3.63) is 0 Å². The summed E-state index contributed by atoms with van der Waals surface area (Å²) in [6, 6.07) is 0. The van der Waals surface area contributed by atoms with Gasteiger partial charge in [0.1, 0.15) is 0 Å². The summed E-state index contributed by atoms with van der Waals surface area (Å²) in [6.45, 7) is 5.68. The number of rotatable bonds is 5. The molecule has 0 spiro atoms. The minimum Gasteiger partial charge on any atom is -0.270 e. The van der Waals surface area contributed by atoms with E-state index in [4.69, 9.17) is 0 Å². The van der Waals surface area contributed by atoms with Crippen molar-refractivity contribution in [3.8, 4) is 0 Å². The molecule has 5 heteroatoms. The third kappa shape index (κ3) is 2.53. The Morgan fingerprint density at radius 2 is 1.23 bits per heavy atom. The van der Waals surface area contributed by atoms with Crippen molar-refractivity contribution >= 4 is 7.59 Å². The first kappa shape index (κ1) is 13.1. The fourth-order valence-electron chi connectivity index (χ4n) is 1.46. The molecule has 0 aliphatic rings. The first-order valence-electron chi connectivity index (χ1n) is 4.62. The van der Waals surface area contributed by atoms with E-state index in [-0.39, 0.29) is 0 Å². The minimum absolute atomic E-state index is 0.810. The van der Waals surface area contributed by atoms with E-state index in [1.165, 1.54) is 0 Å². The van der Waals surface area contributed by atoms with Gasteiger partial charge in [-0.05, 0) is 28.2 Å². The first-order chi connectivity index (χ1) is 5.91. The van der Waals surface area contributed by atoms with E-state index < -0.39 is 7.59 Å². The second-order valence-corrected chi connectivity index (χ2v) is 6.54. The third-order valence-electron chi connectivity index (χ3n) is 2.14. The highest BCUT2D eigenvalue weighted by atomic mass is 31.2. The van der Waals surface area contributed by atoms with Gasteiger partial charge >= 0.3 is 0 Å². The van der Waals surface area contributed by atoms with Gasteiger partial charge in [-0.2, -0.15) is 0 Å². The zero-order chi connectivity index (χ0) is 10.6. The molecule has 0 saturated carbocycles. The molecular weight excluding hydrogens is 185 g/mol. The van der Waals surface area contributed by atoms with Crippen LogP contribution in [0.15, 0.2) is 0 Å². The molecule has 4 nitrogen and oxygen atoms in total. The van der Waals surface area contributed by atoms with Crippen LogP contribution in [-0.2, 0) is 4.57 Å². The van der Waals surface area contributed by atoms with Gasteiger partial charge in [0.15, 0.2) is 0 Å². The Hall–Kier alpha value is 0.110. The number of hydrogen-bond acceptors (Lipinski definition) is 1. The molecule has 0 aliphatic heterocycles. The zero-order valence-electron chi connectivity index (χ0n) is 9.61. The highest BCUT2D eigenvalue weighted by molar-refractivity contribution is 7.56. The largest absolute Gasteiger partial charge is 0.285 e. The minimum atomic E-state index is -2.47. The average molecular weight is 207 g/mol. The standard InChI is InChI=1S/C8H22N3OP/c1-7-11(8-2)13(12,9(3)4)10(5)6/h7-8H2,1-6H3. The van der Waals surface area contributed by atoms with Crippen LogP contribution >= 0.6 is 7.59 Å². The monoisotopic (exact) mass is 207 g/mol. The average Bonchev–Trinajstić information content (AvgIpc) is 2.05. The molecule has 0 fully saturated rings. The maximum Gasteiger partial charge on any atom is 0.285 e. The van der Waals surface area contributed by atoms with Crippen molar-refractivity contribution < 1.29 is 4.57 Å². The lowest BCUT2D eigenvalue weighted by atomic mass is 10.7. The highest BCUT2D eigenvalue weighted by Crippen LogP contribution is 2.52. The SMILES string of the molecule is CCN(CC)P(=O)(N(C)C)N(C)C. The molecule has 0 aromatic heterocycles. The molecule has 0 heterocycles. The van der Waals surface area contributed by atoms with E-state index in [9.17, 15) is 4.57 Å². The molecule has 0 aliphatic carbocycles. The molecule has 0 N–H and O–H groups in total. The lowest BCUT2D eigenvalue weighted by Crippen LogP contribution is -2.34. The molecule has 0 unspecified atom stereocenters. The smallest absolute Gasteiger partial charge is 0.270 e. The predicted octanol–water partition coefficient (Wildman–Crippen LogP) is 1.56. The van der Waals surface area contributed by atoms with Crippen molar-refractivity contribution in [3.63, 3.8) is 0 Å². The van der Waals surface area contributed by atoms with Gasteiger partial charge in [-0.1, -0.05) is 13.8 Å². The zero-order valence-corrected chi connectivity index (χ0v) is 10.5. The van der Waals surface area contributed by atoms with E-state index in [0.717, 1.165) is 13.1 Å². The Labute approximate surface area is 82.0 Å². The lowest BCUT2D eigenvalue weighted by Gasteiger charge is -2.38. The lowest BCUT2D eigenvalue weighted by molar-refractivity contribution is 0.343. The molecule has 0 radical (unpaired) electrons. The second kappa shape index (κ2) is 5.11. The van der Waals surface area contributed by atoms with Crippen molar-refractivity contribution in [2.45, 2.75) is 13.8 Å². The summed E-state index contributed by atoms with van der Waals surface area (Å²) in [6.07, 6.45) is 0.